The summed E-state index contributed by atoms with van der Waals surface area (Å²) in [7, 11) is -4.58. The van der Waals surface area contributed by atoms with E-state index in [1.807, 2.05) is 0 Å². The number of rotatable bonds is 7. The number of anilines is 1. The van der Waals surface area contributed by atoms with Crippen molar-refractivity contribution in [3.05, 3.63) is 77.1 Å². The van der Waals surface area contributed by atoms with Crippen LogP contribution in [0.2, 0.25) is 5.02 Å². The van der Waals surface area contributed by atoms with Gasteiger partial charge in [0.1, 0.15) is 17.7 Å². The maximum Gasteiger partial charge on any atom is 0.416 e. The summed E-state index contributed by atoms with van der Waals surface area (Å²) >= 11 is 6.13. The van der Waals surface area contributed by atoms with Gasteiger partial charge in [-0.15, -0.1) is 0 Å². The summed E-state index contributed by atoms with van der Waals surface area (Å²) in [5.41, 5.74) is -1.82. The Morgan fingerprint density at radius 3 is 2.50 bits per heavy atom. The first kappa shape index (κ1) is 29.6. The van der Waals surface area contributed by atoms with Gasteiger partial charge in [0, 0.05) is 5.56 Å². The van der Waals surface area contributed by atoms with Gasteiger partial charge in [-0.3, -0.25) is 9.10 Å². The number of amides is 1. The van der Waals surface area contributed by atoms with Crippen LogP contribution in [-0.2, 0) is 21.0 Å². The molecule has 0 aromatic heterocycles. The van der Waals surface area contributed by atoms with Crippen molar-refractivity contribution in [3.8, 4) is 16.9 Å². The summed E-state index contributed by atoms with van der Waals surface area (Å²) in [6.07, 6.45) is -5.92. The first-order chi connectivity index (χ1) is 18.6. The van der Waals surface area contributed by atoms with E-state index in [9.17, 15) is 35.9 Å². The molecule has 2 N–H and O–H groups in total. The maximum atomic E-state index is 14.1. The third kappa shape index (κ3) is 6.51. The Balaban J connectivity index is 1.76. The van der Waals surface area contributed by atoms with Crippen LogP contribution in [0.1, 0.15) is 25.8 Å². The summed E-state index contributed by atoms with van der Waals surface area (Å²) in [6, 6.07) is 11.8. The van der Waals surface area contributed by atoms with Crippen molar-refractivity contribution in [2.45, 2.75) is 43.0 Å². The van der Waals surface area contributed by atoms with Crippen LogP contribution in [0, 0.1) is 5.82 Å². The number of sulfonamides is 1. The number of nitrogens with zero attached hydrogens (tertiary/aromatic N) is 1. The molecule has 40 heavy (non-hydrogen) atoms. The lowest BCUT2D eigenvalue weighted by molar-refractivity contribution is -0.137. The average Bonchev–Trinajstić information content (AvgIpc) is 2.87. The number of carbonyl (C=O) groups excluding carboxylic acids is 1. The molecule has 1 aliphatic rings. The number of benzene rings is 3. The fourth-order valence-corrected chi connectivity index (χ4v) is 5.96. The molecular weight excluding hydrogens is 576 g/mol. The normalized spacial score (nSPS) is 15.8. The molecule has 0 saturated heterocycles. The molecule has 4 rings (SSSR count). The second kappa shape index (κ2) is 10.9. The zero-order valence-electron chi connectivity index (χ0n) is 21.3. The van der Waals surface area contributed by atoms with Gasteiger partial charge in [-0.2, -0.15) is 13.2 Å². The first-order valence-electron chi connectivity index (χ1n) is 12.0. The van der Waals surface area contributed by atoms with E-state index in [2.05, 4.69) is 5.32 Å². The number of alkyl halides is 3. The lowest BCUT2D eigenvalue weighted by atomic mass is 10.0. The fourth-order valence-electron chi connectivity index (χ4n) is 4.18. The second-order valence-corrected chi connectivity index (χ2v) is 12.1. The Morgan fingerprint density at radius 2 is 1.82 bits per heavy atom. The molecule has 0 bridgehead atoms. The van der Waals surface area contributed by atoms with E-state index in [0.29, 0.717) is 11.6 Å². The lowest BCUT2D eigenvalue weighted by Gasteiger charge is -2.36. The number of ether oxygens (including phenoxy) is 1. The summed E-state index contributed by atoms with van der Waals surface area (Å²) in [5, 5.41) is 12.3. The Bertz CT molecular complexity index is 1540. The minimum Gasteiger partial charge on any atom is -0.484 e. The van der Waals surface area contributed by atoms with Gasteiger partial charge in [-0.1, -0.05) is 35.9 Å². The number of hydrogen-bond donors (Lipinski definition) is 2. The van der Waals surface area contributed by atoms with E-state index >= 15 is 0 Å². The molecule has 0 radical (unpaired) electrons. The van der Waals surface area contributed by atoms with Crippen LogP contribution in [0.4, 0.5) is 23.2 Å². The van der Waals surface area contributed by atoms with Crippen molar-refractivity contribution in [1.29, 1.82) is 0 Å². The van der Waals surface area contributed by atoms with Gasteiger partial charge in [-0.05, 0) is 55.8 Å². The number of aliphatic hydroxyl groups is 1. The summed E-state index contributed by atoms with van der Waals surface area (Å²) in [5.74, 6) is -1.13. The number of halogens is 5. The minimum atomic E-state index is -4.77. The van der Waals surface area contributed by atoms with Gasteiger partial charge in [0.15, 0.2) is 0 Å². The van der Waals surface area contributed by atoms with E-state index in [0.717, 1.165) is 28.6 Å². The van der Waals surface area contributed by atoms with Gasteiger partial charge >= 0.3 is 6.18 Å². The minimum absolute atomic E-state index is 0.00527. The third-order valence-electron chi connectivity index (χ3n) is 6.02. The van der Waals surface area contributed by atoms with Crippen LogP contribution in [-0.4, -0.2) is 44.2 Å². The Labute approximate surface area is 233 Å². The highest BCUT2D eigenvalue weighted by Gasteiger charge is 2.37. The van der Waals surface area contributed by atoms with Gasteiger partial charge in [0.25, 0.3) is 10.0 Å². The molecular formula is C27H25ClF4N2O5S. The van der Waals surface area contributed by atoms with Crippen molar-refractivity contribution < 1.29 is 40.6 Å². The highest BCUT2D eigenvalue weighted by Crippen LogP contribution is 2.42. The number of nitrogens with one attached hydrogen (secondary N) is 1. The summed E-state index contributed by atoms with van der Waals surface area (Å²) < 4.78 is 88.6. The highest BCUT2D eigenvalue weighted by atomic mass is 35.5. The van der Waals surface area contributed by atoms with Gasteiger partial charge in [-0.25, -0.2) is 12.8 Å². The summed E-state index contributed by atoms with van der Waals surface area (Å²) in [6.45, 7) is 2.38. The largest absolute Gasteiger partial charge is 0.484 e. The van der Waals surface area contributed by atoms with E-state index in [4.69, 9.17) is 16.3 Å². The molecule has 0 saturated carbocycles. The Morgan fingerprint density at radius 1 is 1.12 bits per heavy atom. The first-order valence-corrected chi connectivity index (χ1v) is 13.8. The van der Waals surface area contributed by atoms with Crippen LogP contribution in [0.3, 0.4) is 0 Å². The lowest BCUT2D eigenvalue weighted by Crippen LogP contribution is -2.49. The van der Waals surface area contributed by atoms with Crippen LogP contribution in [0.25, 0.3) is 11.1 Å². The molecule has 0 spiro atoms. The zero-order chi connectivity index (χ0) is 29.5. The van der Waals surface area contributed by atoms with Gasteiger partial charge < -0.3 is 15.2 Å². The predicted octanol–water partition coefficient (Wildman–Crippen LogP) is 5.40. The van der Waals surface area contributed by atoms with Crippen LogP contribution in [0.5, 0.6) is 5.75 Å². The molecule has 1 unspecified atom stereocenters. The molecule has 3 aromatic carbocycles. The zero-order valence-corrected chi connectivity index (χ0v) is 22.9. The van der Waals surface area contributed by atoms with Crippen molar-refractivity contribution in [3.63, 3.8) is 0 Å². The van der Waals surface area contributed by atoms with Gasteiger partial charge in [0.05, 0.1) is 46.3 Å². The molecule has 0 aliphatic carbocycles. The van der Waals surface area contributed by atoms with E-state index in [1.54, 1.807) is 0 Å². The number of hydrogen-bond acceptors (Lipinski definition) is 5. The molecule has 13 heteroatoms. The number of fused-ring (bicyclic) bond motifs is 1. The standard InChI is InChI=1S/C27H25ClF4N2O5S/c1-26(2,36)13-24(35)33-14-18-15-34(40(37,38)19-6-3-5-17(12-19)27(30,31)32)22-11-16(9-10-23(22)39-18)20-7-4-8-21(29)25(20)28/h3-12,18,36H,13-15H2,1-2H3,(H,33,35). The molecule has 1 atom stereocenters. The molecule has 1 amide bonds. The SMILES string of the molecule is CC(C)(O)CC(=O)NCC1CN(S(=O)(=O)c2cccc(C(F)(F)F)c2)c2cc(-c3cccc(F)c3Cl)ccc2O1. The second-order valence-electron chi connectivity index (χ2n) is 9.88. The van der Waals surface area contributed by atoms with Crippen molar-refractivity contribution in [1.82, 2.24) is 5.32 Å². The summed E-state index contributed by atoms with van der Waals surface area (Å²) in [4.78, 5) is 11.6. The Hall–Kier alpha value is -3.35. The van der Waals surface area contributed by atoms with E-state index in [-0.39, 0.29) is 41.5 Å². The van der Waals surface area contributed by atoms with Gasteiger partial charge in [0.2, 0.25) is 5.91 Å². The van der Waals surface area contributed by atoms with E-state index < -0.39 is 50.1 Å². The third-order valence-corrected chi connectivity index (χ3v) is 8.18. The topological polar surface area (TPSA) is 95.9 Å². The Kier molecular flexibility index (Phi) is 8.08. The molecule has 3 aromatic rings. The monoisotopic (exact) mass is 600 g/mol. The van der Waals surface area contributed by atoms with Crippen LogP contribution >= 0.6 is 11.6 Å². The highest BCUT2D eigenvalue weighted by molar-refractivity contribution is 7.92. The van der Waals surface area contributed by atoms with Crippen LogP contribution < -0.4 is 14.4 Å². The van der Waals surface area contributed by atoms with Crippen LogP contribution in [0.15, 0.2) is 65.6 Å². The number of carbonyl (C=O) groups is 1. The molecule has 214 valence electrons. The average molecular weight is 601 g/mol. The van der Waals surface area contributed by atoms with E-state index in [1.165, 1.54) is 44.2 Å². The van der Waals surface area contributed by atoms with Crippen molar-refractivity contribution in [2.24, 2.45) is 0 Å². The fraction of sp³-hybridized carbons (Fsp3) is 0.296. The van der Waals surface area contributed by atoms with Crippen molar-refractivity contribution >= 4 is 33.2 Å². The van der Waals surface area contributed by atoms with Crippen molar-refractivity contribution in [2.75, 3.05) is 17.4 Å². The quantitative estimate of drug-likeness (QED) is 0.354. The molecule has 7 nitrogen and oxygen atoms in total. The molecule has 1 aliphatic heterocycles. The maximum absolute atomic E-state index is 14.1. The smallest absolute Gasteiger partial charge is 0.416 e. The predicted molar refractivity (Wildman–Crippen MR) is 141 cm³/mol. The molecule has 1 heterocycles. The molecule has 0 fully saturated rings.